The minimum Gasteiger partial charge on any atom is -0.312 e. The molecule has 0 aliphatic carbocycles. The number of hydrogen-bond donors (Lipinski definition) is 1. The molecule has 0 aromatic rings. The predicted molar refractivity (Wildman–Crippen MR) is 84.5 cm³/mol. The molecule has 0 radical (unpaired) electrons. The van der Waals surface area contributed by atoms with Crippen LogP contribution < -0.4 is 5.32 Å². The number of hydrogen-bond acceptors (Lipinski definition) is 3. The number of nitrogens with zero attached hydrogens (tertiary/aromatic N) is 1. The van der Waals surface area contributed by atoms with Crippen molar-refractivity contribution in [3.63, 3.8) is 0 Å². The predicted octanol–water partition coefficient (Wildman–Crippen LogP) is 3.23. The highest BCUT2D eigenvalue weighted by Gasteiger charge is 2.21. The van der Waals surface area contributed by atoms with E-state index in [0.717, 1.165) is 5.92 Å². The quantitative estimate of drug-likeness (QED) is 0.683. The van der Waals surface area contributed by atoms with Gasteiger partial charge in [0.25, 0.3) is 0 Å². The Labute approximate surface area is 118 Å². The molecule has 18 heavy (non-hydrogen) atoms. The molecule has 0 amide bonds. The lowest BCUT2D eigenvalue weighted by molar-refractivity contribution is 0.234. The minimum atomic E-state index is 0.712. The molecule has 1 N–H and O–H groups in total. The van der Waals surface area contributed by atoms with E-state index in [1.165, 1.54) is 64.0 Å². The van der Waals surface area contributed by atoms with Crippen molar-refractivity contribution in [2.45, 2.75) is 52.0 Å². The first kappa shape index (κ1) is 16.3. The van der Waals surface area contributed by atoms with Gasteiger partial charge in [-0.2, -0.15) is 11.8 Å². The highest BCUT2D eigenvalue weighted by Crippen LogP contribution is 2.13. The zero-order valence-electron chi connectivity index (χ0n) is 12.6. The molecule has 3 heteroatoms. The number of nitrogens with one attached hydrogen (secondary N) is 1. The van der Waals surface area contributed by atoms with Gasteiger partial charge in [-0.15, -0.1) is 0 Å². The first-order chi connectivity index (χ1) is 8.77. The lowest BCUT2D eigenvalue weighted by atomic mass is 9.99. The molecule has 1 rings (SSSR count). The lowest BCUT2D eigenvalue weighted by Gasteiger charge is -2.28. The third-order valence-electron chi connectivity index (χ3n) is 4.17. The van der Waals surface area contributed by atoms with Gasteiger partial charge in [0.15, 0.2) is 0 Å². The first-order valence-corrected chi connectivity index (χ1v) is 9.12. The van der Waals surface area contributed by atoms with Gasteiger partial charge in [0.2, 0.25) is 0 Å². The van der Waals surface area contributed by atoms with E-state index >= 15 is 0 Å². The molecule has 1 aliphatic heterocycles. The summed E-state index contributed by atoms with van der Waals surface area (Å²) < 4.78 is 0. The van der Waals surface area contributed by atoms with Crippen molar-refractivity contribution in [1.82, 2.24) is 10.2 Å². The molecule has 108 valence electrons. The Morgan fingerprint density at radius 1 is 1.33 bits per heavy atom. The van der Waals surface area contributed by atoms with Gasteiger partial charge in [-0.1, -0.05) is 26.7 Å². The fraction of sp³-hybridized carbons (Fsp3) is 1.00. The van der Waals surface area contributed by atoms with Gasteiger partial charge < -0.3 is 10.2 Å². The molecule has 0 spiro atoms. The Morgan fingerprint density at radius 3 is 2.89 bits per heavy atom. The maximum Gasteiger partial charge on any atom is 0.0220 e. The summed E-state index contributed by atoms with van der Waals surface area (Å²) in [5.41, 5.74) is 0. The van der Waals surface area contributed by atoms with Crippen molar-refractivity contribution < 1.29 is 0 Å². The van der Waals surface area contributed by atoms with E-state index in [9.17, 15) is 0 Å². The molecule has 2 unspecified atom stereocenters. The van der Waals surface area contributed by atoms with E-state index in [2.05, 4.69) is 30.3 Å². The average Bonchev–Trinajstić information content (AvgIpc) is 2.63. The number of unbranched alkanes of at least 4 members (excludes halogenated alkanes) is 2. The van der Waals surface area contributed by atoms with Crippen molar-refractivity contribution >= 4 is 11.8 Å². The molecule has 2 atom stereocenters. The van der Waals surface area contributed by atoms with Crippen LogP contribution >= 0.6 is 11.8 Å². The molecule has 0 aromatic heterocycles. The number of thioether (sulfide) groups is 1. The van der Waals surface area contributed by atoms with Crippen molar-refractivity contribution in [3.05, 3.63) is 0 Å². The van der Waals surface area contributed by atoms with Gasteiger partial charge in [-0.3, -0.25) is 0 Å². The van der Waals surface area contributed by atoms with Crippen molar-refractivity contribution in [2.24, 2.45) is 5.92 Å². The number of rotatable bonds is 8. The monoisotopic (exact) mass is 272 g/mol. The van der Waals surface area contributed by atoms with Crippen molar-refractivity contribution in [3.8, 4) is 0 Å². The molecule has 1 saturated heterocycles. The Bertz CT molecular complexity index is 199. The van der Waals surface area contributed by atoms with Gasteiger partial charge in [-0.25, -0.2) is 0 Å². The maximum atomic E-state index is 3.73. The lowest BCUT2D eigenvalue weighted by Crippen LogP contribution is -2.42. The second-order valence-electron chi connectivity index (χ2n) is 5.65. The molecule has 0 saturated carbocycles. The Hall–Kier alpha value is 0.270. The fourth-order valence-corrected chi connectivity index (χ4v) is 3.14. The zero-order chi connectivity index (χ0) is 13.2. The van der Waals surface area contributed by atoms with Crippen molar-refractivity contribution in [2.75, 3.05) is 38.2 Å². The third kappa shape index (κ3) is 6.44. The van der Waals surface area contributed by atoms with E-state index in [0.29, 0.717) is 6.04 Å². The molecule has 1 heterocycles. The van der Waals surface area contributed by atoms with E-state index in [-0.39, 0.29) is 0 Å². The summed E-state index contributed by atoms with van der Waals surface area (Å²) in [5.74, 6) is 2.14. The van der Waals surface area contributed by atoms with Crippen LogP contribution in [0.4, 0.5) is 0 Å². The van der Waals surface area contributed by atoms with Crippen LogP contribution in [-0.2, 0) is 0 Å². The molecule has 0 bridgehead atoms. The van der Waals surface area contributed by atoms with Gasteiger partial charge in [0.1, 0.15) is 0 Å². The van der Waals surface area contributed by atoms with Crippen LogP contribution in [0.1, 0.15) is 46.0 Å². The summed E-state index contributed by atoms with van der Waals surface area (Å²) in [7, 11) is 0. The summed E-state index contributed by atoms with van der Waals surface area (Å²) >= 11 is 1.97. The molecular formula is C15H32N2S. The highest BCUT2D eigenvalue weighted by atomic mass is 32.2. The molecule has 0 aromatic carbocycles. The van der Waals surface area contributed by atoms with Crippen LogP contribution in [-0.4, -0.2) is 49.1 Å². The van der Waals surface area contributed by atoms with Gasteiger partial charge >= 0.3 is 0 Å². The Kier molecular flexibility index (Phi) is 9.16. The minimum absolute atomic E-state index is 0.712. The first-order valence-electron chi connectivity index (χ1n) is 7.72. The standard InChI is InChI=1S/C15H32N2S/c1-4-14(2)15-13-17(11-8-9-16-15)10-6-5-7-12-18-3/h14-16H,4-13H2,1-3H3. The van der Waals surface area contributed by atoms with Crippen LogP contribution in [0.25, 0.3) is 0 Å². The van der Waals surface area contributed by atoms with Crippen LogP contribution in [0, 0.1) is 5.92 Å². The topological polar surface area (TPSA) is 15.3 Å². The smallest absolute Gasteiger partial charge is 0.0220 e. The Balaban J connectivity index is 2.22. The molecular weight excluding hydrogens is 240 g/mol. The zero-order valence-corrected chi connectivity index (χ0v) is 13.4. The highest BCUT2D eigenvalue weighted by molar-refractivity contribution is 7.98. The van der Waals surface area contributed by atoms with E-state index in [4.69, 9.17) is 0 Å². The summed E-state index contributed by atoms with van der Waals surface area (Å²) in [6.07, 6.45) is 8.99. The van der Waals surface area contributed by atoms with Gasteiger partial charge in [0, 0.05) is 12.6 Å². The van der Waals surface area contributed by atoms with Gasteiger partial charge in [-0.05, 0) is 56.8 Å². The third-order valence-corrected chi connectivity index (χ3v) is 4.86. The summed E-state index contributed by atoms with van der Waals surface area (Å²) in [5, 5.41) is 3.73. The van der Waals surface area contributed by atoms with E-state index < -0.39 is 0 Å². The second kappa shape index (κ2) is 10.1. The van der Waals surface area contributed by atoms with Crippen LogP contribution in [0.2, 0.25) is 0 Å². The van der Waals surface area contributed by atoms with Gasteiger partial charge in [0.05, 0.1) is 0 Å². The molecule has 1 fully saturated rings. The largest absolute Gasteiger partial charge is 0.312 e. The average molecular weight is 273 g/mol. The summed E-state index contributed by atoms with van der Waals surface area (Å²) in [6.45, 7) is 9.77. The normalized spacial score (nSPS) is 23.8. The summed E-state index contributed by atoms with van der Waals surface area (Å²) in [6, 6.07) is 0.712. The SMILES string of the molecule is CCC(C)C1CN(CCCCCSC)CCCN1. The van der Waals surface area contributed by atoms with E-state index in [1.807, 2.05) is 11.8 Å². The molecule has 1 aliphatic rings. The van der Waals surface area contributed by atoms with Crippen molar-refractivity contribution in [1.29, 1.82) is 0 Å². The second-order valence-corrected chi connectivity index (χ2v) is 6.64. The summed E-state index contributed by atoms with van der Waals surface area (Å²) in [4.78, 5) is 2.69. The van der Waals surface area contributed by atoms with E-state index in [1.54, 1.807) is 0 Å². The molecule has 2 nitrogen and oxygen atoms in total. The Morgan fingerprint density at radius 2 is 2.17 bits per heavy atom. The van der Waals surface area contributed by atoms with Crippen LogP contribution in [0.5, 0.6) is 0 Å². The fourth-order valence-electron chi connectivity index (χ4n) is 2.65. The van der Waals surface area contributed by atoms with Crippen LogP contribution in [0.15, 0.2) is 0 Å². The maximum absolute atomic E-state index is 3.73. The van der Waals surface area contributed by atoms with Crippen LogP contribution in [0.3, 0.4) is 0 Å².